The molecule has 5 rings (SSSR count). The van der Waals surface area contributed by atoms with E-state index >= 15 is 0 Å². The number of aromatic nitrogens is 4. The van der Waals surface area contributed by atoms with E-state index in [1.807, 2.05) is 33.8 Å². The third-order valence-corrected chi connectivity index (χ3v) is 8.31. The number of aryl methyl sites for hydroxylation is 2. The van der Waals surface area contributed by atoms with Crippen LogP contribution in [0.1, 0.15) is 76.3 Å². The SMILES string of the molecule is CC(=O)Oc1cc(C)cc(C)c1C(C)(C)CC(=O)OC[C@@]1(C)O[C@@H](n2cnc3c(NC(=O)[C@H]4CCC(=O)O4)nc(Cl)nc32)C[C@@H]1O. The van der Waals surface area contributed by atoms with E-state index in [2.05, 4.69) is 20.3 Å². The van der Waals surface area contributed by atoms with E-state index in [9.17, 15) is 24.3 Å². The lowest BCUT2D eigenvalue weighted by molar-refractivity contribution is -0.163. The lowest BCUT2D eigenvalue weighted by atomic mass is 9.78. The summed E-state index contributed by atoms with van der Waals surface area (Å²) < 4.78 is 23.9. The molecular weight excluding hydrogens is 622 g/mol. The van der Waals surface area contributed by atoms with Gasteiger partial charge in [0.2, 0.25) is 5.28 Å². The molecule has 0 aliphatic carbocycles. The molecule has 0 radical (unpaired) electrons. The second-order valence-corrected chi connectivity index (χ2v) is 12.9. The van der Waals surface area contributed by atoms with Crippen LogP contribution in [0.4, 0.5) is 5.82 Å². The van der Waals surface area contributed by atoms with Crippen molar-refractivity contribution in [1.29, 1.82) is 0 Å². The maximum atomic E-state index is 13.1. The number of benzene rings is 1. The summed E-state index contributed by atoms with van der Waals surface area (Å²) in [6, 6.07) is 3.72. The number of hydrogen-bond acceptors (Lipinski definition) is 12. The number of carbonyl (C=O) groups is 4. The number of halogens is 1. The molecule has 14 nitrogen and oxygen atoms in total. The Hall–Kier alpha value is -4.14. The molecule has 0 spiro atoms. The van der Waals surface area contributed by atoms with Crippen molar-refractivity contribution < 1.29 is 43.2 Å². The van der Waals surface area contributed by atoms with Crippen LogP contribution >= 0.6 is 11.6 Å². The average molecular weight is 658 g/mol. The molecule has 4 heterocycles. The van der Waals surface area contributed by atoms with Gasteiger partial charge in [0.05, 0.1) is 18.9 Å². The van der Waals surface area contributed by atoms with Gasteiger partial charge in [-0.1, -0.05) is 19.9 Å². The van der Waals surface area contributed by atoms with Crippen molar-refractivity contribution in [2.24, 2.45) is 0 Å². The number of fused-ring (bicyclic) bond motifs is 1. The molecule has 2 saturated heterocycles. The monoisotopic (exact) mass is 657 g/mol. The highest BCUT2D eigenvalue weighted by Gasteiger charge is 2.47. The highest BCUT2D eigenvalue weighted by Crippen LogP contribution is 2.40. The molecular formula is C31H36ClN5O9. The molecule has 15 heteroatoms. The molecule has 0 bridgehead atoms. The standard InChI is InChI=1S/C31H36ClN5O9/c1-15-9-16(2)24(19(10-15)44-17(3)38)30(4,5)12-23(41)43-13-31(6)20(39)11-21(46-31)37-14-33-25-26(35-29(32)36-27(25)37)34-28(42)18-7-8-22(40)45-18/h9-10,14,18,20-21,39H,7-8,11-13H2,1-6H3,(H,34,35,36,42)/t18-,20+,21-,31-/m1/s1. The maximum Gasteiger partial charge on any atom is 0.308 e. The molecule has 0 unspecified atom stereocenters. The van der Waals surface area contributed by atoms with Crippen LogP contribution in [0.2, 0.25) is 5.28 Å². The van der Waals surface area contributed by atoms with E-state index in [0.29, 0.717) is 5.75 Å². The Labute approximate surface area is 269 Å². The zero-order valence-electron chi connectivity index (χ0n) is 26.4. The first-order chi connectivity index (χ1) is 21.6. The van der Waals surface area contributed by atoms with E-state index in [1.54, 1.807) is 17.6 Å². The molecule has 4 atom stereocenters. The average Bonchev–Trinajstić information content (AvgIpc) is 3.63. The van der Waals surface area contributed by atoms with Crippen LogP contribution < -0.4 is 10.1 Å². The van der Waals surface area contributed by atoms with Gasteiger partial charge in [-0.2, -0.15) is 9.97 Å². The van der Waals surface area contributed by atoms with E-state index in [1.165, 1.54) is 13.3 Å². The first-order valence-corrected chi connectivity index (χ1v) is 15.2. The van der Waals surface area contributed by atoms with Crippen LogP contribution in [0.5, 0.6) is 5.75 Å². The van der Waals surface area contributed by atoms with E-state index in [0.717, 1.165) is 16.7 Å². The van der Waals surface area contributed by atoms with Crippen LogP contribution in [0.3, 0.4) is 0 Å². The smallest absolute Gasteiger partial charge is 0.308 e. The van der Waals surface area contributed by atoms with Gasteiger partial charge >= 0.3 is 17.9 Å². The third-order valence-electron chi connectivity index (χ3n) is 8.14. The summed E-state index contributed by atoms with van der Waals surface area (Å²) in [6.45, 7) is 10.2. The number of carbonyl (C=O) groups excluding carboxylic acids is 4. The fourth-order valence-electron chi connectivity index (χ4n) is 6.03. The van der Waals surface area contributed by atoms with E-state index in [4.69, 9.17) is 30.5 Å². The minimum atomic E-state index is -1.27. The number of aliphatic hydroxyl groups excluding tert-OH is 1. The molecule has 2 N–H and O–H groups in total. The summed E-state index contributed by atoms with van der Waals surface area (Å²) in [4.78, 5) is 61.6. The summed E-state index contributed by atoms with van der Waals surface area (Å²) >= 11 is 6.17. The molecule has 2 aliphatic heterocycles. The zero-order valence-corrected chi connectivity index (χ0v) is 27.1. The minimum absolute atomic E-state index is 0.0280. The Kier molecular flexibility index (Phi) is 9.08. The number of hydrogen-bond donors (Lipinski definition) is 2. The number of esters is 3. The van der Waals surface area contributed by atoms with Gasteiger partial charge in [-0.3, -0.25) is 23.7 Å². The Morgan fingerprint density at radius 3 is 2.65 bits per heavy atom. The Morgan fingerprint density at radius 2 is 1.98 bits per heavy atom. The molecule has 2 aromatic heterocycles. The number of imidazole rings is 1. The summed E-state index contributed by atoms with van der Waals surface area (Å²) in [5.74, 6) is -1.59. The quantitative estimate of drug-likeness (QED) is 0.194. The van der Waals surface area contributed by atoms with Crippen molar-refractivity contribution in [3.63, 3.8) is 0 Å². The Bertz CT molecular complexity index is 1720. The number of amides is 1. The molecule has 2 fully saturated rings. The van der Waals surface area contributed by atoms with Gasteiger partial charge in [-0.15, -0.1) is 0 Å². The number of ether oxygens (including phenoxy) is 4. The Morgan fingerprint density at radius 1 is 1.24 bits per heavy atom. The summed E-state index contributed by atoms with van der Waals surface area (Å²) in [6.07, 6.45) is -0.857. The lowest BCUT2D eigenvalue weighted by Gasteiger charge is -2.30. The lowest BCUT2D eigenvalue weighted by Crippen LogP contribution is -2.42. The molecule has 46 heavy (non-hydrogen) atoms. The second-order valence-electron chi connectivity index (χ2n) is 12.6. The van der Waals surface area contributed by atoms with Crippen LogP contribution in [0.15, 0.2) is 18.5 Å². The number of nitrogens with one attached hydrogen (secondary N) is 1. The fourth-order valence-corrected chi connectivity index (χ4v) is 6.19. The van der Waals surface area contributed by atoms with E-state index < -0.39 is 53.3 Å². The van der Waals surface area contributed by atoms with Crippen molar-refractivity contribution in [2.45, 2.75) is 96.7 Å². The molecule has 0 saturated carbocycles. The highest BCUT2D eigenvalue weighted by atomic mass is 35.5. The van der Waals surface area contributed by atoms with Crippen LogP contribution in [-0.2, 0) is 38.8 Å². The number of anilines is 1. The van der Waals surface area contributed by atoms with Crippen LogP contribution in [0, 0.1) is 13.8 Å². The predicted molar refractivity (Wildman–Crippen MR) is 163 cm³/mol. The molecule has 1 aromatic carbocycles. The molecule has 2 aliphatic rings. The summed E-state index contributed by atoms with van der Waals surface area (Å²) in [5, 5.41) is 13.4. The van der Waals surface area contributed by atoms with Gasteiger partial charge in [0, 0.05) is 37.2 Å². The van der Waals surface area contributed by atoms with Crippen molar-refractivity contribution >= 4 is 52.4 Å². The number of rotatable bonds is 9. The van der Waals surface area contributed by atoms with Gasteiger partial charge < -0.3 is 29.4 Å². The Balaban J connectivity index is 1.28. The topological polar surface area (TPSA) is 181 Å². The van der Waals surface area contributed by atoms with Gasteiger partial charge in [0.1, 0.15) is 24.2 Å². The van der Waals surface area contributed by atoms with Gasteiger partial charge in [0.25, 0.3) is 5.91 Å². The van der Waals surface area contributed by atoms with Crippen molar-refractivity contribution in [1.82, 2.24) is 19.5 Å². The van der Waals surface area contributed by atoms with Crippen LogP contribution in [0.25, 0.3) is 11.2 Å². The van der Waals surface area contributed by atoms with Crippen molar-refractivity contribution in [3.05, 3.63) is 40.4 Å². The molecule has 1 amide bonds. The minimum Gasteiger partial charge on any atom is -0.462 e. The summed E-state index contributed by atoms with van der Waals surface area (Å²) in [5.41, 5.74) is 0.935. The maximum absolute atomic E-state index is 13.1. The molecule has 3 aromatic rings. The number of aliphatic hydroxyl groups is 1. The van der Waals surface area contributed by atoms with E-state index in [-0.39, 0.29) is 54.6 Å². The first kappa shape index (κ1) is 33.2. The van der Waals surface area contributed by atoms with Crippen molar-refractivity contribution in [3.8, 4) is 5.75 Å². The third kappa shape index (κ3) is 6.83. The van der Waals surface area contributed by atoms with Gasteiger partial charge in [0.15, 0.2) is 23.1 Å². The normalized spacial score (nSPS) is 23.0. The first-order valence-electron chi connectivity index (χ1n) is 14.8. The largest absolute Gasteiger partial charge is 0.462 e. The predicted octanol–water partition coefficient (Wildman–Crippen LogP) is 3.62. The number of cyclic esters (lactones) is 1. The molecule has 246 valence electrons. The van der Waals surface area contributed by atoms with Crippen molar-refractivity contribution in [2.75, 3.05) is 11.9 Å². The van der Waals surface area contributed by atoms with Gasteiger partial charge in [-0.05, 0) is 49.6 Å². The van der Waals surface area contributed by atoms with Crippen LogP contribution in [-0.4, -0.2) is 72.9 Å². The zero-order chi connectivity index (χ0) is 33.6. The van der Waals surface area contributed by atoms with Gasteiger partial charge in [-0.25, -0.2) is 4.98 Å². The summed E-state index contributed by atoms with van der Waals surface area (Å²) in [7, 11) is 0. The fraction of sp³-hybridized carbons (Fsp3) is 0.516. The number of nitrogens with zero attached hydrogens (tertiary/aromatic N) is 4. The highest BCUT2D eigenvalue weighted by molar-refractivity contribution is 6.28. The second kappa shape index (κ2) is 12.6.